The number of anilines is 2. The number of rotatable bonds is 4. The molecule has 7 heteroatoms. The predicted octanol–water partition coefficient (Wildman–Crippen LogP) is 5.02. The van der Waals surface area contributed by atoms with E-state index in [2.05, 4.69) is 10.3 Å². The molecule has 4 rings (SSSR count). The largest absolute Gasteiger partial charge is 0.495 e. The molecular weight excluding hydrogens is 381 g/mol. The highest BCUT2D eigenvalue weighted by Gasteiger charge is 2.24. The summed E-state index contributed by atoms with van der Waals surface area (Å²) in [6.45, 7) is 1.43. The number of aromatic nitrogens is 1. The SMILES string of the molecule is COc1ccc(Nc2c(C(=O)N3CCCC3)cnc3ccc(F)cc23)cc1Cl. The number of pyridine rings is 1. The number of hydrogen-bond donors (Lipinski definition) is 1. The van der Waals surface area contributed by atoms with Crippen molar-refractivity contribution < 1.29 is 13.9 Å². The van der Waals surface area contributed by atoms with Crippen LogP contribution in [-0.4, -0.2) is 36.0 Å². The molecule has 144 valence electrons. The van der Waals surface area contributed by atoms with Crippen LogP contribution in [0.4, 0.5) is 15.8 Å². The molecule has 1 aliphatic rings. The Morgan fingerprint density at radius 3 is 2.71 bits per heavy atom. The molecule has 0 atom stereocenters. The lowest BCUT2D eigenvalue weighted by molar-refractivity contribution is 0.0793. The highest BCUT2D eigenvalue weighted by atomic mass is 35.5. The van der Waals surface area contributed by atoms with Gasteiger partial charge < -0.3 is 15.0 Å². The Balaban J connectivity index is 1.83. The summed E-state index contributed by atoms with van der Waals surface area (Å²) in [4.78, 5) is 19.2. The molecule has 1 amide bonds. The number of carbonyl (C=O) groups excluding carboxylic acids is 1. The van der Waals surface area contributed by atoms with Gasteiger partial charge in [-0.15, -0.1) is 0 Å². The van der Waals surface area contributed by atoms with Gasteiger partial charge in [0.1, 0.15) is 11.6 Å². The van der Waals surface area contributed by atoms with Gasteiger partial charge in [-0.3, -0.25) is 9.78 Å². The van der Waals surface area contributed by atoms with Gasteiger partial charge in [0.05, 0.1) is 28.9 Å². The summed E-state index contributed by atoms with van der Waals surface area (Å²) in [5, 5.41) is 4.22. The van der Waals surface area contributed by atoms with Gasteiger partial charge in [0, 0.05) is 30.4 Å². The lowest BCUT2D eigenvalue weighted by Crippen LogP contribution is -2.28. The van der Waals surface area contributed by atoms with Crippen LogP contribution >= 0.6 is 11.6 Å². The number of halogens is 2. The van der Waals surface area contributed by atoms with Crippen molar-refractivity contribution in [2.24, 2.45) is 0 Å². The highest BCUT2D eigenvalue weighted by Crippen LogP contribution is 2.34. The van der Waals surface area contributed by atoms with Crippen LogP contribution < -0.4 is 10.1 Å². The van der Waals surface area contributed by atoms with Gasteiger partial charge in [-0.2, -0.15) is 0 Å². The fourth-order valence-electron chi connectivity index (χ4n) is 3.44. The third kappa shape index (κ3) is 3.47. The molecule has 28 heavy (non-hydrogen) atoms. The van der Waals surface area contributed by atoms with Crippen molar-refractivity contribution in [2.75, 3.05) is 25.5 Å². The molecule has 5 nitrogen and oxygen atoms in total. The second-order valence-electron chi connectivity index (χ2n) is 6.68. The first-order valence-electron chi connectivity index (χ1n) is 9.05. The Morgan fingerprint density at radius 1 is 1.21 bits per heavy atom. The first-order valence-corrected chi connectivity index (χ1v) is 9.43. The van der Waals surface area contributed by atoms with E-state index in [0.717, 1.165) is 12.8 Å². The lowest BCUT2D eigenvalue weighted by atomic mass is 10.1. The van der Waals surface area contributed by atoms with E-state index < -0.39 is 5.82 Å². The zero-order valence-corrected chi connectivity index (χ0v) is 16.1. The molecule has 1 aromatic heterocycles. The number of amides is 1. The Hall–Kier alpha value is -2.86. The van der Waals surface area contributed by atoms with Gasteiger partial charge >= 0.3 is 0 Å². The third-order valence-corrected chi connectivity index (χ3v) is 5.17. The maximum Gasteiger partial charge on any atom is 0.257 e. The van der Waals surface area contributed by atoms with Crippen LogP contribution in [0.3, 0.4) is 0 Å². The van der Waals surface area contributed by atoms with E-state index in [0.29, 0.717) is 51.7 Å². The number of carbonyl (C=O) groups is 1. The summed E-state index contributed by atoms with van der Waals surface area (Å²) in [6, 6.07) is 9.57. The van der Waals surface area contributed by atoms with Gasteiger partial charge in [0.15, 0.2) is 0 Å². The van der Waals surface area contributed by atoms with E-state index >= 15 is 0 Å². The number of hydrogen-bond acceptors (Lipinski definition) is 4. The van der Waals surface area contributed by atoms with Crippen molar-refractivity contribution in [3.8, 4) is 5.75 Å². The second-order valence-corrected chi connectivity index (χ2v) is 7.09. The Kier molecular flexibility index (Phi) is 5.05. The molecule has 1 N–H and O–H groups in total. The minimum Gasteiger partial charge on any atom is -0.495 e. The Morgan fingerprint density at radius 2 is 2.00 bits per heavy atom. The van der Waals surface area contributed by atoms with Crippen LogP contribution in [0.5, 0.6) is 5.75 Å². The predicted molar refractivity (Wildman–Crippen MR) is 108 cm³/mol. The molecule has 2 heterocycles. The number of benzene rings is 2. The summed E-state index contributed by atoms with van der Waals surface area (Å²) in [5.41, 5.74) is 2.19. The van der Waals surface area contributed by atoms with E-state index in [-0.39, 0.29) is 5.91 Å². The number of nitrogens with one attached hydrogen (secondary N) is 1. The standard InChI is InChI=1S/C21H19ClFN3O2/c1-28-19-7-5-14(11-17(19)22)25-20-15-10-13(23)4-6-18(15)24-12-16(20)21(27)26-8-2-3-9-26/h4-7,10-12H,2-3,8-9H2,1H3,(H,24,25). The molecule has 0 bridgehead atoms. The molecule has 1 saturated heterocycles. The topological polar surface area (TPSA) is 54.5 Å². The molecule has 0 unspecified atom stereocenters. The summed E-state index contributed by atoms with van der Waals surface area (Å²) >= 11 is 6.23. The second kappa shape index (κ2) is 7.64. The molecular formula is C21H19ClFN3O2. The molecule has 3 aromatic rings. The van der Waals surface area contributed by atoms with E-state index in [1.54, 1.807) is 42.5 Å². The van der Waals surface area contributed by atoms with Crippen LogP contribution in [-0.2, 0) is 0 Å². The fraction of sp³-hybridized carbons (Fsp3) is 0.238. The first kappa shape index (κ1) is 18.5. The van der Waals surface area contributed by atoms with Crippen molar-refractivity contribution in [1.82, 2.24) is 9.88 Å². The number of nitrogens with zero attached hydrogens (tertiary/aromatic N) is 2. The number of fused-ring (bicyclic) bond motifs is 1. The smallest absolute Gasteiger partial charge is 0.257 e. The average molecular weight is 400 g/mol. The highest BCUT2D eigenvalue weighted by molar-refractivity contribution is 6.32. The summed E-state index contributed by atoms with van der Waals surface area (Å²) in [6.07, 6.45) is 3.52. The Bertz CT molecular complexity index is 1050. The van der Waals surface area contributed by atoms with Gasteiger partial charge in [-0.05, 0) is 49.2 Å². The van der Waals surface area contributed by atoms with Crippen LogP contribution in [0.2, 0.25) is 5.02 Å². The van der Waals surface area contributed by atoms with Crippen molar-refractivity contribution in [2.45, 2.75) is 12.8 Å². The Labute approximate surface area is 167 Å². The molecule has 0 saturated carbocycles. The third-order valence-electron chi connectivity index (χ3n) is 4.87. The minimum atomic E-state index is -0.393. The lowest BCUT2D eigenvalue weighted by Gasteiger charge is -2.20. The fourth-order valence-corrected chi connectivity index (χ4v) is 3.70. The minimum absolute atomic E-state index is 0.113. The van der Waals surface area contributed by atoms with Crippen LogP contribution in [0.1, 0.15) is 23.2 Å². The maximum atomic E-state index is 14.0. The monoisotopic (exact) mass is 399 g/mol. The van der Waals surface area contributed by atoms with Crippen molar-refractivity contribution in [3.05, 3.63) is 59.0 Å². The number of methoxy groups -OCH3 is 1. The molecule has 0 aliphatic carbocycles. The van der Waals surface area contributed by atoms with Gasteiger partial charge in [0.25, 0.3) is 5.91 Å². The quantitative estimate of drug-likeness (QED) is 0.669. The zero-order valence-electron chi connectivity index (χ0n) is 15.3. The number of ether oxygens (including phenoxy) is 1. The van der Waals surface area contributed by atoms with E-state index in [4.69, 9.17) is 16.3 Å². The summed E-state index contributed by atoms with van der Waals surface area (Å²) in [7, 11) is 1.54. The van der Waals surface area contributed by atoms with Crippen LogP contribution in [0.15, 0.2) is 42.6 Å². The molecule has 1 fully saturated rings. The maximum absolute atomic E-state index is 14.0. The normalized spacial score (nSPS) is 13.8. The van der Waals surface area contributed by atoms with E-state index in [1.807, 2.05) is 0 Å². The summed E-state index contributed by atoms with van der Waals surface area (Å²) < 4.78 is 19.1. The van der Waals surface area contributed by atoms with Crippen LogP contribution in [0, 0.1) is 5.82 Å². The van der Waals surface area contributed by atoms with E-state index in [9.17, 15) is 9.18 Å². The summed E-state index contributed by atoms with van der Waals surface area (Å²) in [5.74, 6) is 0.0420. The van der Waals surface area contributed by atoms with Crippen LogP contribution in [0.25, 0.3) is 10.9 Å². The first-order chi connectivity index (χ1) is 13.6. The molecule has 1 aliphatic heterocycles. The van der Waals surface area contributed by atoms with Crippen molar-refractivity contribution in [3.63, 3.8) is 0 Å². The molecule has 0 radical (unpaired) electrons. The zero-order chi connectivity index (χ0) is 19.7. The van der Waals surface area contributed by atoms with Gasteiger partial charge in [-0.1, -0.05) is 11.6 Å². The number of likely N-dealkylation sites (tertiary alicyclic amines) is 1. The van der Waals surface area contributed by atoms with Gasteiger partial charge in [-0.25, -0.2) is 4.39 Å². The van der Waals surface area contributed by atoms with Crippen molar-refractivity contribution >= 4 is 39.8 Å². The van der Waals surface area contributed by atoms with Gasteiger partial charge in [0.2, 0.25) is 0 Å². The van der Waals surface area contributed by atoms with Crippen molar-refractivity contribution in [1.29, 1.82) is 0 Å². The molecule has 0 spiro atoms. The average Bonchev–Trinajstić information content (AvgIpc) is 3.23. The van der Waals surface area contributed by atoms with E-state index in [1.165, 1.54) is 12.1 Å². The molecule has 2 aromatic carbocycles.